The summed E-state index contributed by atoms with van der Waals surface area (Å²) in [4.78, 5) is 53.8. The normalized spacial score (nSPS) is 13.5. The van der Waals surface area contributed by atoms with Crippen molar-refractivity contribution in [2.24, 2.45) is 5.73 Å². The van der Waals surface area contributed by atoms with Gasteiger partial charge in [0, 0.05) is 48.9 Å². The van der Waals surface area contributed by atoms with E-state index in [9.17, 15) is 36.0 Å². The predicted octanol–water partition coefficient (Wildman–Crippen LogP) is 2.73. The fraction of sp³-hybridized carbons (Fsp3) is 0.391. The van der Waals surface area contributed by atoms with Crippen molar-refractivity contribution < 1.29 is 36.0 Å². The Morgan fingerprint density at radius 2 is 0.727 bits per heavy atom. The number of piperazine rings is 1. The lowest BCUT2D eigenvalue weighted by atomic mass is 10.2. The molecule has 1 fully saturated rings. The van der Waals surface area contributed by atoms with E-state index in [4.69, 9.17) is 5.73 Å². The van der Waals surface area contributed by atoms with Gasteiger partial charge in [-0.05, 0) is 149 Å². The van der Waals surface area contributed by atoms with Gasteiger partial charge in [-0.2, -0.15) is 0 Å². The Hall–Kier alpha value is -5.58. The second kappa shape index (κ2) is 25.9. The fourth-order valence-electron chi connectivity index (χ4n) is 6.97. The summed E-state index contributed by atoms with van der Waals surface area (Å²) in [7, 11) is -7.60. The standard InChI is InChI=1S/C46H62N10O8S2/c1-2-3-22-48-32-44(58)52-36-8-16-41(17-9-36)66(63,64)42-20-12-38(13-21-42)54-46(60)34-50-24-5-26-56-29-27-55(28-30-56)25-4-23-49-33-45(59)53-37-10-18-40(19-11-37)65(61,62)39-14-6-35(7-15-39)51-43(57)31-47/h6-21,48-50H,2-5,22-34,47H2,1H3,(H,51,57)(H,52,58)(H,53,59)(H,54,60). The zero-order valence-electron chi connectivity index (χ0n) is 37.3. The van der Waals surface area contributed by atoms with Crippen molar-refractivity contribution in [1.29, 1.82) is 0 Å². The molecule has 0 aromatic heterocycles. The Morgan fingerprint density at radius 1 is 0.455 bits per heavy atom. The molecular formula is C46H62N10O8S2. The largest absolute Gasteiger partial charge is 0.325 e. The van der Waals surface area contributed by atoms with E-state index < -0.39 is 19.7 Å². The number of anilines is 4. The number of carbonyl (C=O) groups excluding carboxylic acids is 4. The highest BCUT2D eigenvalue weighted by Gasteiger charge is 2.20. The number of benzene rings is 4. The Kier molecular flexibility index (Phi) is 20.2. The number of unbranched alkanes of at least 4 members (excludes halogenated alkanes) is 1. The average molecular weight is 947 g/mol. The second-order valence-electron chi connectivity index (χ2n) is 15.8. The molecule has 18 nitrogen and oxygen atoms in total. The molecule has 4 aromatic carbocycles. The number of nitrogens with zero attached hydrogens (tertiary/aromatic N) is 2. The van der Waals surface area contributed by atoms with E-state index in [-0.39, 0.29) is 69.4 Å². The first-order valence-electron chi connectivity index (χ1n) is 22.1. The topological polar surface area (TPSA) is 253 Å². The average Bonchev–Trinajstić information content (AvgIpc) is 3.31. The SMILES string of the molecule is CCCCNCC(=O)Nc1ccc(S(=O)(=O)c2ccc(NC(=O)CNCCCN3CCN(CCCNCC(=O)Nc4ccc(S(=O)(=O)c5ccc(NC(=O)CN)cc5)cc4)CC3)cc2)cc1. The van der Waals surface area contributed by atoms with Gasteiger partial charge in [-0.15, -0.1) is 0 Å². The van der Waals surface area contributed by atoms with Crippen molar-refractivity contribution in [2.75, 3.05) is 106 Å². The van der Waals surface area contributed by atoms with Gasteiger partial charge in [0.1, 0.15) is 0 Å². The van der Waals surface area contributed by atoms with E-state index in [2.05, 4.69) is 53.9 Å². The van der Waals surface area contributed by atoms with Crippen LogP contribution in [0, 0.1) is 0 Å². The maximum atomic E-state index is 13.2. The van der Waals surface area contributed by atoms with Gasteiger partial charge in [0.25, 0.3) is 0 Å². The number of carbonyl (C=O) groups is 4. The van der Waals surface area contributed by atoms with Crippen molar-refractivity contribution in [3.8, 4) is 0 Å². The smallest absolute Gasteiger partial charge is 0.238 e. The molecule has 0 aliphatic carbocycles. The summed E-state index contributed by atoms with van der Waals surface area (Å²) in [5.74, 6) is -1.05. The fourth-order valence-corrected chi connectivity index (χ4v) is 9.49. The summed E-state index contributed by atoms with van der Waals surface area (Å²) in [5.41, 5.74) is 7.21. The van der Waals surface area contributed by atoms with Crippen molar-refractivity contribution in [1.82, 2.24) is 25.8 Å². The maximum absolute atomic E-state index is 13.2. The molecule has 1 heterocycles. The summed E-state index contributed by atoms with van der Waals surface area (Å²) in [5, 5.41) is 20.3. The van der Waals surface area contributed by atoms with Crippen LogP contribution in [0.4, 0.5) is 22.7 Å². The molecule has 0 atom stereocenters. The Morgan fingerprint density at radius 3 is 1.00 bits per heavy atom. The molecule has 356 valence electrons. The van der Waals surface area contributed by atoms with E-state index in [0.717, 1.165) is 71.5 Å². The van der Waals surface area contributed by atoms with Gasteiger partial charge in [0.15, 0.2) is 0 Å². The minimum absolute atomic E-state index is 0.0687. The molecule has 9 N–H and O–H groups in total. The minimum Gasteiger partial charge on any atom is -0.325 e. The highest BCUT2D eigenvalue weighted by Crippen LogP contribution is 2.25. The first-order chi connectivity index (χ1) is 31.8. The van der Waals surface area contributed by atoms with E-state index in [0.29, 0.717) is 35.8 Å². The van der Waals surface area contributed by atoms with Crippen molar-refractivity contribution in [3.63, 3.8) is 0 Å². The number of nitrogens with two attached hydrogens (primary N) is 1. The first kappa shape index (κ1) is 51.4. The van der Waals surface area contributed by atoms with Crippen LogP contribution in [0.3, 0.4) is 0 Å². The molecule has 4 aromatic rings. The number of amides is 4. The van der Waals surface area contributed by atoms with Crippen molar-refractivity contribution in [2.45, 2.75) is 52.2 Å². The lowest BCUT2D eigenvalue weighted by molar-refractivity contribution is -0.116. The lowest BCUT2D eigenvalue weighted by Crippen LogP contribution is -2.47. The molecule has 0 unspecified atom stereocenters. The van der Waals surface area contributed by atoms with Gasteiger partial charge in [-0.1, -0.05) is 13.3 Å². The highest BCUT2D eigenvalue weighted by molar-refractivity contribution is 7.91. The molecule has 20 heteroatoms. The van der Waals surface area contributed by atoms with Gasteiger partial charge in [-0.25, -0.2) is 16.8 Å². The Balaban J connectivity index is 0.886. The molecule has 4 amide bonds. The van der Waals surface area contributed by atoms with Gasteiger partial charge >= 0.3 is 0 Å². The van der Waals surface area contributed by atoms with Gasteiger partial charge in [0.05, 0.1) is 45.8 Å². The van der Waals surface area contributed by atoms with Crippen LogP contribution in [-0.2, 0) is 38.9 Å². The van der Waals surface area contributed by atoms with Gasteiger partial charge < -0.3 is 52.8 Å². The van der Waals surface area contributed by atoms with E-state index in [1.807, 2.05) is 0 Å². The lowest BCUT2D eigenvalue weighted by Gasteiger charge is -2.34. The molecular weight excluding hydrogens is 885 g/mol. The minimum atomic E-state index is -3.80. The number of hydrogen-bond acceptors (Lipinski definition) is 14. The van der Waals surface area contributed by atoms with Gasteiger partial charge in [-0.3, -0.25) is 19.2 Å². The molecule has 0 saturated carbocycles. The molecule has 66 heavy (non-hydrogen) atoms. The third-order valence-corrected chi connectivity index (χ3v) is 14.2. The van der Waals surface area contributed by atoms with E-state index in [1.165, 1.54) is 60.7 Å². The second-order valence-corrected chi connectivity index (χ2v) is 19.7. The van der Waals surface area contributed by atoms with E-state index in [1.54, 1.807) is 36.4 Å². The summed E-state index contributed by atoms with van der Waals surface area (Å²) in [6.07, 6.45) is 3.77. The van der Waals surface area contributed by atoms with Crippen LogP contribution in [0.5, 0.6) is 0 Å². The zero-order chi connectivity index (χ0) is 47.4. The van der Waals surface area contributed by atoms with Crippen LogP contribution in [-0.4, -0.2) is 135 Å². The molecule has 1 aliphatic rings. The Labute approximate surface area is 387 Å². The van der Waals surface area contributed by atoms with E-state index >= 15 is 0 Å². The number of hydrogen-bond donors (Lipinski definition) is 8. The molecule has 5 rings (SSSR count). The summed E-state index contributed by atoms with van der Waals surface area (Å²) < 4.78 is 52.5. The highest BCUT2D eigenvalue weighted by atomic mass is 32.2. The molecule has 1 aliphatic heterocycles. The van der Waals surface area contributed by atoms with Crippen LogP contribution >= 0.6 is 0 Å². The van der Waals surface area contributed by atoms with Gasteiger partial charge in [0.2, 0.25) is 43.3 Å². The number of nitrogens with one attached hydrogen (secondary N) is 7. The predicted molar refractivity (Wildman–Crippen MR) is 256 cm³/mol. The zero-order valence-corrected chi connectivity index (χ0v) is 38.9. The third-order valence-electron chi connectivity index (χ3n) is 10.7. The summed E-state index contributed by atoms with van der Waals surface area (Å²) >= 11 is 0. The van der Waals surface area contributed by atoms with Crippen LogP contribution < -0.4 is 43.0 Å². The third kappa shape index (κ3) is 16.4. The summed E-state index contributed by atoms with van der Waals surface area (Å²) in [6.45, 7) is 10.0. The van der Waals surface area contributed by atoms with Crippen molar-refractivity contribution in [3.05, 3.63) is 97.1 Å². The number of sulfone groups is 2. The van der Waals surface area contributed by atoms with Crippen LogP contribution in [0.2, 0.25) is 0 Å². The maximum Gasteiger partial charge on any atom is 0.238 e. The van der Waals surface area contributed by atoms with Crippen LogP contribution in [0.15, 0.2) is 117 Å². The van der Waals surface area contributed by atoms with Crippen LogP contribution in [0.25, 0.3) is 0 Å². The molecule has 1 saturated heterocycles. The number of rotatable bonds is 26. The van der Waals surface area contributed by atoms with Crippen LogP contribution in [0.1, 0.15) is 32.6 Å². The summed E-state index contributed by atoms with van der Waals surface area (Å²) in [6, 6.07) is 23.8. The first-order valence-corrected chi connectivity index (χ1v) is 25.1. The monoisotopic (exact) mass is 946 g/mol. The quantitative estimate of drug-likeness (QED) is 0.0422. The van der Waals surface area contributed by atoms with Crippen molar-refractivity contribution >= 4 is 66.1 Å². The molecule has 0 spiro atoms. The molecule has 0 bridgehead atoms. The Bertz CT molecular complexity index is 2410. The molecule has 0 radical (unpaired) electrons.